The Hall–Kier alpha value is -0.570. The number of unbranched alkanes of at least 4 members (excludes halogenated alkanes) is 1. The maximum Gasteiger partial charge on any atom is 0.310 e. The highest BCUT2D eigenvalue weighted by molar-refractivity contribution is 5.73. The Bertz CT molecular complexity index is 170. The van der Waals surface area contributed by atoms with Gasteiger partial charge in [0.2, 0.25) is 0 Å². The summed E-state index contributed by atoms with van der Waals surface area (Å²) in [5.41, 5.74) is 0. The molecule has 1 saturated heterocycles. The van der Waals surface area contributed by atoms with Crippen molar-refractivity contribution in [3.8, 4) is 0 Å². The van der Waals surface area contributed by atoms with Gasteiger partial charge in [-0.2, -0.15) is 0 Å². The summed E-state index contributed by atoms with van der Waals surface area (Å²) < 4.78 is 5.16. The molecule has 3 heteroatoms. The minimum atomic E-state index is -0.0223. The number of carbonyl (C=O) groups is 1. The van der Waals surface area contributed by atoms with Crippen molar-refractivity contribution in [3.05, 3.63) is 0 Å². The molecule has 1 aliphatic rings. The van der Waals surface area contributed by atoms with E-state index in [-0.39, 0.29) is 17.9 Å². The van der Waals surface area contributed by atoms with E-state index < -0.39 is 0 Å². The molecule has 0 bridgehead atoms. The van der Waals surface area contributed by atoms with Crippen molar-refractivity contribution in [2.45, 2.75) is 39.2 Å². The molecule has 0 saturated carbocycles. The zero-order valence-corrected chi connectivity index (χ0v) is 8.51. The first-order valence-corrected chi connectivity index (χ1v) is 5.15. The molecule has 0 aromatic rings. The predicted octanol–water partition coefficient (Wildman–Crippen LogP) is 1.33. The van der Waals surface area contributed by atoms with Crippen LogP contribution in [0.3, 0.4) is 0 Å². The van der Waals surface area contributed by atoms with Crippen LogP contribution in [0.4, 0.5) is 0 Å². The number of hydrogen-bond acceptors (Lipinski definition) is 3. The molecule has 76 valence electrons. The van der Waals surface area contributed by atoms with Crippen LogP contribution in [-0.4, -0.2) is 25.2 Å². The van der Waals surface area contributed by atoms with Crippen LogP contribution in [0.25, 0.3) is 0 Å². The van der Waals surface area contributed by atoms with Crippen LogP contribution >= 0.6 is 0 Å². The van der Waals surface area contributed by atoms with Gasteiger partial charge < -0.3 is 10.1 Å². The molecular formula is C10H19NO2. The van der Waals surface area contributed by atoms with Crippen LogP contribution in [0.2, 0.25) is 0 Å². The summed E-state index contributed by atoms with van der Waals surface area (Å²) in [4.78, 5) is 11.5. The summed E-state index contributed by atoms with van der Waals surface area (Å²) in [6.45, 7) is 5.65. The second kappa shape index (κ2) is 5.22. The van der Waals surface area contributed by atoms with E-state index in [4.69, 9.17) is 4.74 Å². The number of rotatable bonds is 4. The Morgan fingerprint density at radius 2 is 2.38 bits per heavy atom. The number of nitrogens with one attached hydrogen (secondary N) is 1. The average molecular weight is 185 g/mol. The van der Waals surface area contributed by atoms with E-state index in [1.165, 1.54) is 0 Å². The summed E-state index contributed by atoms with van der Waals surface area (Å²) >= 11 is 0. The minimum Gasteiger partial charge on any atom is -0.465 e. The highest BCUT2D eigenvalue weighted by atomic mass is 16.5. The van der Waals surface area contributed by atoms with Gasteiger partial charge in [-0.15, -0.1) is 0 Å². The Morgan fingerprint density at radius 3 is 2.92 bits per heavy atom. The lowest BCUT2D eigenvalue weighted by atomic mass is 10.0. The van der Waals surface area contributed by atoms with E-state index in [1.54, 1.807) is 0 Å². The normalized spacial score (nSPS) is 27.5. The molecule has 1 heterocycles. The molecule has 0 aliphatic carbocycles. The highest BCUT2D eigenvalue weighted by Crippen LogP contribution is 2.16. The SMILES string of the molecule is CCCCOC(=O)C1CCNC1C. The standard InChI is InChI=1S/C10H19NO2/c1-3-4-7-13-10(12)9-5-6-11-8(9)2/h8-9,11H,3-7H2,1-2H3. The van der Waals surface area contributed by atoms with Crippen LogP contribution in [0.5, 0.6) is 0 Å². The molecule has 1 fully saturated rings. The van der Waals surface area contributed by atoms with Crippen LogP contribution in [0, 0.1) is 5.92 Å². The zero-order chi connectivity index (χ0) is 9.68. The molecule has 0 aromatic heterocycles. The molecule has 0 radical (unpaired) electrons. The predicted molar refractivity (Wildman–Crippen MR) is 51.4 cm³/mol. The molecule has 1 N–H and O–H groups in total. The van der Waals surface area contributed by atoms with Gasteiger partial charge in [-0.1, -0.05) is 13.3 Å². The lowest BCUT2D eigenvalue weighted by molar-refractivity contribution is -0.148. The topological polar surface area (TPSA) is 38.3 Å². The molecular weight excluding hydrogens is 166 g/mol. The third-order valence-electron chi connectivity index (χ3n) is 2.57. The van der Waals surface area contributed by atoms with Gasteiger partial charge in [0.15, 0.2) is 0 Å². The lowest BCUT2D eigenvalue weighted by Crippen LogP contribution is -2.29. The molecule has 1 aliphatic heterocycles. The quantitative estimate of drug-likeness (QED) is 0.530. The molecule has 13 heavy (non-hydrogen) atoms. The van der Waals surface area contributed by atoms with E-state index >= 15 is 0 Å². The Kier molecular flexibility index (Phi) is 4.22. The molecule has 3 nitrogen and oxygen atoms in total. The van der Waals surface area contributed by atoms with Crippen LogP contribution < -0.4 is 5.32 Å². The van der Waals surface area contributed by atoms with Gasteiger partial charge in [0, 0.05) is 6.04 Å². The van der Waals surface area contributed by atoms with Crippen LogP contribution in [-0.2, 0) is 9.53 Å². The third kappa shape index (κ3) is 2.99. The van der Waals surface area contributed by atoms with E-state index in [1.807, 2.05) is 6.92 Å². The Balaban J connectivity index is 2.22. The third-order valence-corrected chi connectivity index (χ3v) is 2.57. The molecule has 1 rings (SSSR count). The highest BCUT2D eigenvalue weighted by Gasteiger charge is 2.30. The van der Waals surface area contributed by atoms with Gasteiger partial charge in [0.05, 0.1) is 12.5 Å². The van der Waals surface area contributed by atoms with Gasteiger partial charge in [-0.05, 0) is 26.3 Å². The first-order chi connectivity index (χ1) is 6.25. The molecule has 0 amide bonds. The van der Waals surface area contributed by atoms with E-state index in [0.29, 0.717) is 6.61 Å². The van der Waals surface area contributed by atoms with Crippen molar-refractivity contribution >= 4 is 5.97 Å². The van der Waals surface area contributed by atoms with Crippen molar-refractivity contribution in [2.75, 3.05) is 13.2 Å². The number of hydrogen-bond donors (Lipinski definition) is 1. The Morgan fingerprint density at radius 1 is 1.62 bits per heavy atom. The largest absolute Gasteiger partial charge is 0.465 e. The van der Waals surface area contributed by atoms with Crippen molar-refractivity contribution in [1.82, 2.24) is 5.32 Å². The average Bonchev–Trinajstić information content (AvgIpc) is 2.52. The van der Waals surface area contributed by atoms with Crippen molar-refractivity contribution in [1.29, 1.82) is 0 Å². The van der Waals surface area contributed by atoms with E-state index in [9.17, 15) is 4.79 Å². The molecule has 2 unspecified atom stereocenters. The fraction of sp³-hybridized carbons (Fsp3) is 0.900. The Labute approximate surface area is 79.8 Å². The number of carbonyl (C=O) groups excluding carboxylic acids is 1. The van der Waals surface area contributed by atoms with Gasteiger partial charge in [0.25, 0.3) is 0 Å². The van der Waals surface area contributed by atoms with Gasteiger partial charge in [0.1, 0.15) is 0 Å². The maximum absolute atomic E-state index is 11.5. The van der Waals surface area contributed by atoms with Crippen LogP contribution in [0.15, 0.2) is 0 Å². The molecule has 0 aromatic carbocycles. The number of esters is 1. The summed E-state index contributed by atoms with van der Waals surface area (Å²) in [7, 11) is 0. The fourth-order valence-corrected chi connectivity index (χ4v) is 1.60. The fourth-order valence-electron chi connectivity index (χ4n) is 1.60. The van der Waals surface area contributed by atoms with Crippen molar-refractivity contribution in [3.63, 3.8) is 0 Å². The first-order valence-electron chi connectivity index (χ1n) is 5.15. The minimum absolute atomic E-state index is 0.0223. The summed E-state index contributed by atoms with van der Waals surface area (Å²) in [5.74, 6) is 0.0582. The summed E-state index contributed by atoms with van der Waals surface area (Å²) in [6.07, 6.45) is 2.97. The van der Waals surface area contributed by atoms with Crippen LogP contribution in [0.1, 0.15) is 33.1 Å². The van der Waals surface area contributed by atoms with E-state index in [0.717, 1.165) is 25.8 Å². The van der Waals surface area contributed by atoms with Crippen molar-refractivity contribution in [2.24, 2.45) is 5.92 Å². The maximum atomic E-state index is 11.5. The number of ether oxygens (including phenoxy) is 1. The van der Waals surface area contributed by atoms with Gasteiger partial charge in [-0.3, -0.25) is 4.79 Å². The van der Waals surface area contributed by atoms with Crippen molar-refractivity contribution < 1.29 is 9.53 Å². The zero-order valence-electron chi connectivity index (χ0n) is 8.51. The second-order valence-corrected chi connectivity index (χ2v) is 3.66. The van der Waals surface area contributed by atoms with Gasteiger partial charge >= 0.3 is 5.97 Å². The second-order valence-electron chi connectivity index (χ2n) is 3.66. The smallest absolute Gasteiger partial charge is 0.310 e. The first kappa shape index (κ1) is 10.5. The molecule has 2 atom stereocenters. The summed E-state index contributed by atoms with van der Waals surface area (Å²) in [5, 5.41) is 3.24. The summed E-state index contributed by atoms with van der Waals surface area (Å²) in [6, 6.07) is 0.286. The van der Waals surface area contributed by atoms with Gasteiger partial charge in [-0.25, -0.2) is 0 Å². The lowest BCUT2D eigenvalue weighted by Gasteiger charge is -2.13. The van der Waals surface area contributed by atoms with E-state index in [2.05, 4.69) is 12.2 Å². The molecule has 0 spiro atoms. The monoisotopic (exact) mass is 185 g/mol.